The molecule has 26 heavy (non-hydrogen) atoms. The molecule has 0 aliphatic rings. The summed E-state index contributed by atoms with van der Waals surface area (Å²) in [6.07, 6.45) is 0. The molecule has 0 N–H and O–H groups in total. The molecule has 0 unspecified atom stereocenters. The molecule has 136 valence electrons. The van der Waals surface area contributed by atoms with Gasteiger partial charge >= 0.3 is 5.97 Å². The van der Waals surface area contributed by atoms with Crippen LogP contribution >= 0.6 is 0 Å². The fraction of sp³-hybridized carbons (Fsp3) is 0.333. The van der Waals surface area contributed by atoms with E-state index in [1.54, 1.807) is 7.11 Å². The number of aromatic nitrogens is 2. The number of benzene rings is 2. The van der Waals surface area contributed by atoms with E-state index in [9.17, 15) is 4.79 Å². The van der Waals surface area contributed by atoms with E-state index in [0.29, 0.717) is 18.7 Å². The summed E-state index contributed by atoms with van der Waals surface area (Å²) in [5.41, 5.74) is 3.79. The summed E-state index contributed by atoms with van der Waals surface area (Å²) in [4.78, 5) is 12.2. The number of rotatable bonds is 6. The Bertz CT molecular complexity index is 944. The molecule has 0 saturated heterocycles. The van der Waals surface area contributed by atoms with Gasteiger partial charge in [-0.2, -0.15) is 0 Å². The van der Waals surface area contributed by atoms with E-state index in [-0.39, 0.29) is 5.97 Å². The Morgan fingerprint density at radius 2 is 1.92 bits per heavy atom. The molecule has 0 radical (unpaired) electrons. The van der Waals surface area contributed by atoms with Gasteiger partial charge in [0.05, 0.1) is 25.8 Å². The smallest absolute Gasteiger partial charge is 0.338 e. The maximum absolute atomic E-state index is 12.2. The highest BCUT2D eigenvalue weighted by molar-refractivity contribution is 5.93. The van der Waals surface area contributed by atoms with Crippen molar-refractivity contribution in [3.8, 4) is 5.75 Å². The average Bonchev–Trinajstić information content (AvgIpc) is 2.93. The maximum Gasteiger partial charge on any atom is 0.338 e. The first kappa shape index (κ1) is 18.0. The summed E-state index contributed by atoms with van der Waals surface area (Å²) < 4.78 is 15.1. The number of carbonyl (C=O) groups is 1. The van der Waals surface area contributed by atoms with Gasteiger partial charge in [0.2, 0.25) is 0 Å². The van der Waals surface area contributed by atoms with Crippen molar-refractivity contribution in [3.63, 3.8) is 0 Å². The lowest BCUT2D eigenvalue weighted by Gasteiger charge is -2.07. The fourth-order valence-corrected chi connectivity index (χ4v) is 3.41. The number of para-hydroxylation sites is 1. The first-order valence-corrected chi connectivity index (χ1v) is 8.92. The Labute approximate surface area is 153 Å². The van der Waals surface area contributed by atoms with Gasteiger partial charge in [0, 0.05) is 18.6 Å². The number of methoxy groups -OCH3 is 1. The van der Waals surface area contributed by atoms with E-state index >= 15 is 0 Å². The summed E-state index contributed by atoms with van der Waals surface area (Å²) in [5.74, 6) is 1.70. The molecule has 1 heterocycles. The third kappa shape index (κ3) is 3.17. The molecule has 0 spiro atoms. The van der Waals surface area contributed by atoms with Crippen molar-refractivity contribution < 1.29 is 18.8 Å². The van der Waals surface area contributed by atoms with Crippen LogP contribution in [0.5, 0.6) is 5.75 Å². The topological polar surface area (TPSA) is 44.3 Å². The summed E-state index contributed by atoms with van der Waals surface area (Å²) in [5, 5.41) is 0. The molecular weight excluding hydrogens is 328 g/mol. The van der Waals surface area contributed by atoms with E-state index in [1.165, 1.54) is 0 Å². The van der Waals surface area contributed by atoms with Gasteiger partial charge in [-0.3, -0.25) is 0 Å². The van der Waals surface area contributed by atoms with Crippen molar-refractivity contribution in [1.82, 2.24) is 4.57 Å². The zero-order chi connectivity index (χ0) is 18.7. The van der Waals surface area contributed by atoms with Gasteiger partial charge in [0.15, 0.2) is 11.0 Å². The predicted octanol–water partition coefficient (Wildman–Crippen LogP) is 3.49. The number of hydrogen-bond donors (Lipinski definition) is 0. The average molecular weight is 353 g/mol. The van der Waals surface area contributed by atoms with Crippen LogP contribution in [0, 0.1) is 6.92 Å². The Hall–Kier alpha value is -2.82. The second-order valence-corrected chi connectivity index (χ2v) is 6.11. The third-order valence-corrected chi connectivity index (χ3v) is 4.69. The highest BCUT2D eigenvalue weighted by Gasteiger charge is 2.23. The van der Waals surface area contributed by atoms with Gasteiger partial charge in [-0.1, -0.05) is 18.2 Å². The van der Waals surface area contributed by atoms with Gasteiger partial charge in [0.25, 0.3) is 5.82 Å². The number of nitrogens with zero attached hydrogens (tertiary/aromatic N) is 2. The Kier molecular flexibility index (Phi) is 5.26. The third-order valence-electron chi connectivity index (χ3n) is 4.69. The first-order valence-electron chi connectivity index (χ1n) is 8.92. The number of fused-ring (bicyclic) bond motifs is 1. The zero-order valence-electron chi connectivity index (χ0n) is 15.8. The van der Waals surface area contributed by atoms with Crippen LogP contribution < -0.4 is 9.30 Å². The number of ether oxygens (including phenoxy) is 2. The molecule has 2 aromatic carbocycles. The van der Waals surface area contributed by atoms with Crippen LogP contribution in [0.25, 0.3) is 11.0 Å². The van der Waals surface area contributed by atoms with Gasteiger partial charge in [-0.15, -0.1) is 0 Å². The van der Waals surface area contributed by atoms with Crippen LogP contribution in [0.2, 0.25) is 0 Å². The van der Waals surface area contributed by atoms with Crippen LogP contribution in [0.3, 0.4) is 0 Å². The molecule has 3 rings (SSSR count). The highest BCUT2D eigenvalue weighted by Crippen LogP contribution is 2.23. The van der Waals surface area contributed by atoms with E-state index in [2.05, 4.69) is 29.0 Å². The van der Waals surface area contributed by atoms with Gasteiger partial charge < -0.3 is 9.47 Å². The van der Waals surface area contributed by atoms with E-state index in [4.69, 9.17) is 9.47 Å². The standard InChI is InChI=1S/C21H25N2O3/c1-5-22-15(3)23(14-17-9-7-8-10-20(17)25-4)19-13-16(11-12-18(19)22)21(24)26-6-2/h7-13H,5-6,14H2,1-4H3/q+1. The minimum absolute atomic E-state index is 0.292. The van der Waals surface area contributed by atoms with Gasteiger partial charge in [0.1, 0.15) is 12.3 Å². The lowest BCUT2D eigenvalue weighted by molar-refractivity contribution is -0.674. The lowest BCUT2D eigenvalue weighted by Crippen LogP contribution is -2.35. The summed E-state index contributed by atoms with van der Waals surface area (Å²) in [6.45, 7) is 7.94. The van der Waals surface area contributed by atoms with E-state index in [0.717, 1.165) is 34.7 Å². The van der Waals surface area contributed by atoms with Crippen molar-refractivity contribution in [1.29, 1.82) is 0 Å². The molecule has 0 atom stereocenters. The number of aryl methyl sites for hydroxylation is 1. The minimum Gasteiger partial charge on any atom is -0.496 e. The summed E-state index contributed by atoms with van der Waals surface area (Å²) in [7, 11) is 1.69. The quantitative estimate of drug-likeness (QED) is 0.503. The molecule has 0 amide bonds. The fourth-order valence-electron chi connectivity index (χ4n) is 3.41. The predicted molar refractivity (Wildman–Crippen MR) is 101 cm³/mol. The van der Waals surface area contributed by atoms with Crippen LogP contribution in [0.1, 0.15) is 35.6 Å². The van der Waals surface area contributed by atoms with Gasteiger partial charge in [-0.05, 0) is 32.0 Å². The number of imidazole rings is 1. The monoisotopic (exact) mass is 353 g/mol. The molecule has 0 fully saturated rings. The van der Waals surface area contributed by atoms with Crippen molar-refractivity contribution >= 4 is 17.0 Å². The SMILES string of the molecule is CCOC(=O)c1ccc2c(c1)n(Cc1ccccc1OC)c(C)[n+]2CC. The van der Waals surface area contributed by atoms with Crippen molar-refractivity contribution in [3.05, 3.63) is 59.4 Å². The van der Waals surface area contributed by atoms with E-state index < -0.39 is 0 Å². The summed E-state index contributed by atoms with van der Waals surface area (Å²) in [6, 6.07) is 13.8. The van der Waals surface area contributed by atoms with Gasteiger partial charge in [-0.25, -0.2) is 13.9 Å². The molecule has 1 aromatic heterocycles. The Balaban J connectivity index is 2.14. The molecular formula is C21H25N2O3+. The maximum atomic E-state index is 12.2. The molecule has 5 heteroatoms. The number of carbonyl (C=O) groups excluding carboxylic acids is 1. The zero-order valence-corrected chi connectivity index (χ0v) is 15.8. The minimum atomic E-state index is -0.292. The second-order valence-electron chi connectivity index (χ2n) is 6.11. The molecule has 0 aliphatic heterocycles. The Morgan fingerprint density at radius 1 is 1.15 bits per heavy atom. The number of esters is 1. The van der Waals surface area contributed by atoms with Crippen LogP contribution in [-0.4, -0.2) is 24.3 Å². The highest BCUT2D eigenvalue weighted by atomic mass is 16.5. The van der Waals surface area contributed by atoms with Crippen LogP contribution in [0.4, 0.5) is 0 Å². The molecule has 0 bridgehead atoms. The molecule has 5 nitrogen and oxygen atoms in total. The Morgan fingerprint density at radius 3 is 2.62 bits per heavy atom. The lowest BCUT2D eigenvalue weighted by atomic mass is 10.1. The second kappa shape index (κ2) is 7.60. The van der Waals surface area contributed by atoms with E-state index in [1.807, 2.05) is 43.3 Å². The normalized spacial score (nSPS) is 10.9. The first-order chi connectivity index (χ1) is 12.6. The molecule has 0 aliphatic carbocycles. The molecule has 0 saturated carbocycles. The largest absolute Gasteiger partial charge is 0.496 e. The molecule has 3 aromatic rings. The van der Waals surface area contributed by atoms with Crippen molar-refractivity contribution in [2.45, 2.75) is 33.9 Å². The van der Waals surface area contributed by atoms with Crippen LogP contribution in [0.15, 0.2) is 42.5 Å². The van der Waals surface area contributed by atoms with Crippen LogP contribution in [-0.2, 0) is 17.8 Å². The number of hydrogen-bond acceptors (Lipinski definition) is 3. The summed E-state index contributed by atoms with van der Waals surface area (Å²) >= 11 is 0. The van der Waals surface area contributed by atoms with Crippen molar-refractivity contribution in [2.24, 2.45) is 0 Å². The van der Waals surface area contributed by atoms with Crippen molar-refractivity contribution in [2.75, 3.05) is 13.7 Å².